The first-order valence-electron chi connectivity index (χ1n) is 6.87. The van der Waals surface area contributed by atoms with E-state index in [1.54, 1.807) is 30.3 Å². The summed E-state index contributed by atoms with van der Waals surface area (Å²) in [5.74, 6) is 0.434. The number of methoxy groups -OCH3 is 1. The van der Waals surface area contributed by atoms with Gasteiger partial charge in [0.25, 0.3) is 5.91 Å². The van der Waals surface area contributed by atoms with E-state index in [0.29, 0.717) is 22.7 Å². The zero-order valence-corrected chi connectivity index (χ0v) is 14.3. The van der Waals surface area contributed by atoms with Gasteiger partial charge in [0.15, 0.2) is 12.4 Å². The Labute approximate surface area is 142 Å². The van der Waals surface area contributed by atoms with Gasteiger partial charge in [0.2, 0.25) is 0 Å². The van der Waals surface area contributed by atoms with E-state index < -0.39 is 0 Å². The van der Waals surface area contributed by atoms with Gasteiger partial charge in [-0.15, -0.1) is 0 Å². The Hall–Kier alpha value is -2.34. The van der Waals surface area contributed by atoms with Crippen LogP contribution in [0, 0.1) is 0 Å². The second kappa shape index (κ2) is 7.78. The molecule has 0 atom stereocenters. The fourth-order valence-corrected chi connectivity index (χ4v) is 2.34. The van der Waals surface area contributed by atoms with Crippen LogP contribution in [0.25, 0.3) is 0 Å². The molecule has 2 aromatic rings. The monoisotopic (exact) mass is 377 g/mol. The molecular weight excluding hydrogens is 362 g/mol. The van der Waals surface area contributed by atoms with Crippen LogP contribution in [0.5, 0.6) is 11.5 Å². The Bertz CT molecular complexity index is 730. The Kier molecular flexibility index (Phi) is 5.76. The Morgan fingerprint density at radius 1 is 1.17 bits per heavy atom. The van der Waals surface area contributed by atoms with E-state index in [9.17, 15) is 9.59 Å². The molecule has 0 aromatic heterocycles. The van der Waals surface area contributed by atoms with Crippen LogP contribution < -0.4 is 14.8 Å². The van der Waals surface area contributed by atoms with Crippen molar-refractivity contribution >= 4 is 33.3 Å². The van der Waals surface area contributed by atoms with Gasteiger partial charge in [-0.1, -0.05) is 22.0 Å². The maximum absolute atomic E-state index is 11.9. The second-order valence-corrected chi connectivity index (χ2v) is 5.68. The molecule has 0 radical (unpaired) electrons. The number of benzene rings is 2. The number of anilines is 1. The minimum atomic E-state index is -0.312. The van der Waals surface area contributed by atoms with Crippen molar-refractivity contribution in [2.75, 3.05) is 19.0 Å². The molecule has 0 aliphatic rings. The molecule has 0 heterocycles. The molecule has 0 spiro atoms. The predicted octanol–water partition coefficient (Wildman–Crippen LogP) is 3.68. The first kappa shape index (κ1) is 17.0. The van der Waals surface area contributed by atoms with E-state index in [1.807, 2.05) is 12.1 Å². The first-order valence-corrected chi connectivity index (χ1v) is 7.66. The molecular formula is C17H16BrNO4. The molecule has 0 fully saturated rings. The molecule has 2 rings (SSSR count). The molecule has 0 saturated heterocycles. The lowest BCUT2D eigenvalue weighted by Gasteiger charge is -2.11. The number of hydrogen-bond donors (Lipinski definition) is 1. The summed E-state index contributed by atoms with van der Waals surface area (Å²) in [6.45, 7) is 1.24. The van der Waals surface area contributed by atoms with Crippen LogP contribution >= 0.6 is 15.9 Å². The van der Waals surface area contributed by atoms with Gasteiger partial charge in [0.1, 0.15) is 11.5 Å². The summed E-state index contributed by atoms with van der Waals surface area (Å²) in [5, 5.41) is 2.72. The third-order valence-corrected chi connectivity index (χ3v) is 3.53. The highest BCUT2D eigenvalue weighted by Gasteiger charge is 2.12. The Morgan fingerprint density at radius 2 is 1.96 bits per heavy atom. The number of ketones is 1. The minimum absolute atomic E-state index is 0.161. The number of carbonyl (C=O) groups is 2. The molecule has 1 amide bonds. The van der Waals surface area contributed by atoms with Crippen LogP contribution in [0.2, 0.25) is 0 Å². The molecule has 0 bridgehead atoms. The smallest absolute Gasteiger partial charge is 0.262 e. The zero-order valence-electron chi connectivity index (χ0n) is 12.8. The van der Waals surface area contributed by atoms with E-state index in [0.717, 1.165) is 4.47 Å². The predicted molar refractivity (Wildman–Crippen MR) is 91.3 cm³/mol. The van der Waals surface area contributed by atoms with Crippen molar-refractivity contribution in [1.29, 1.82) is 0 Å². The maximum Gasteiger partial charge on any atom is 0.262 e. The van der Waals surface area contributed by atoms with E-state index in [4.69, 9.17) is 9.47 Å². The van der Waals surface area contributed by atoms with Gasteiger partial charge in [-0.05, 0) is 43.3 Å². The molecule has 120 valence electrons. The number of amides is 1. The summed E-state index contributed by atoms with van der Waals surface area (Å²) < 4.78 is 11.4. The largest absolute Gasteiger partial charge is 0.497 e. The van der Waals surface area contributed by atoms with Gasteiger partial charge >= 0.3 is 0 Å². The van der Waals surface area contributed by atoms with Crippen LogP contribution in [-0.4, -0.2) is 25.4 Å². The lowest BCUT2D eigenvalue weighted by molar-refractivity contribution is -0.118. The molecule has 0 saturated carbocycles. The zero-order chi connectivity index (χ0) is 16.8. The highest BCUT2D eigenvalue weighted by Crippen LogP contribution is 2.24. The second-order valence-electron chi connectivity index (χ2n) is 4.77. The molecule has 1 N–H and O–H groups in total. The molecule has 0 aliphatic heterocycles. The van der Waals surface area contributed by atoms with Gasteiger partial charge < -0.3 is 14.8 Å². The summed E-state index contributed by atoms with van der Waals surface area (Å²) >= 11 is 3.33. The Morgan fingerprint density at radius 3 is 2.61 bits per heavy atom. The number of halogens is 1. The topological polar surface area (TPSA) is 64.6 Å². The highest BCUT2D eigenvalue weighted by atomic mass is 79.9. The molecule has 0 unspecified atom stereocenters. The summed E-state index contributed by atoms with van der Waals surface area (Å²) in [7, 11) is 1.52. The lowest BCUT2D eigenvalue weighted by Crippen LogP contribution is -2.20. The highest BCUT2D eigenvalue weighted by molar-refractivity contribution is 9.10. The SMILES string of the molecule is COc1ccc(OCC(=O)Nc2cccc(Br)c2)c(C(C)=O)c1. The van der Waals surface area contributed by atoms with E-state index in [-0.39, 0.29) is 18.3 Å². The quantitative estimate of drug-likeness (QED) is 0.779. The fraction of sp³-hybridized carbons (Fsp3) is 0.176. The van der Waals surface area contributed by atoms with E-state index in [2.05, 4.69) is 21.2 Å². The van der Waals surface area contributed by atoms with Gasteiger partial charge in [-0.2, -0.15) is 0 Å². The number of nitrogens with one attached hydrogen (secondary N) is 1. The first-order chi connectivity index (χ1) is 11.0. The third-order valence-electron chi connectivity index (χ3n) is 3.03. The van der Waals surface area contributed by atoms with Gasteiger partial charge in [0, 0.05) is 10.2 Å². The van der Waals surface area contributed by atoms with Crippen LogP contribution in [0.15, 0.2) is 46.9 Å². The number of ether oxygens (including phenoxy) is 2. The summed E-state index contributed by atoms with van der Waals surface area (Å²) in [5.41, 5.74) is 1.04. The lowest BCUT2D eigenvalue weighted by atomic mass is 10.1. The third kappa shape index (κ3) is 4.82. The average molecular weight is 378 g/mol. The van der Waals surface area contributed by atoms with Crippen LogP contribution in [-0.2, 0) is 4.79 Å². The summed E-state index contributed by atoms with van der Waals surface area (Å²) in [6, 6.07) is 12.1. The van der Waals surface area contributed by atoms with Crippen LogP contribution in [0.1, 0.15) is 17.3 Å². The molecule has 23 heavy (non-hydrogen) atoms. The van der Waals surface area contributed by atoms with Crippen molar-refractivity contribution in [2.24, 2.45) is 0 Å². The maximum atomic E-state index is 11.9. The van der Waals surface area contributed by atoms with Gasteiger partial charge in [-0.25, -0.2) is 0 Å². The number of carbonyl (C=O) groups excluding carboxylic acids is 2. The Balaban J connectivity index is 2.02. The van der Waals surface area contributed by atoms with Crippen molar-refractivity contribution in [1.82, 2.24) is 0 Å². The van der Waals surface area contributed by atoms with Crippen molar-refractivity contribution in [3.63, 3.8) is 0 Å². The normalized spacial score (nSPS) is 10.0. The summed E-state index contributed by atoms with van der Waals surface area (Å²) in [4.78, 5) is 23.6. The van der Waals surface area contributed by atoms with Crippen LogP contribution in [0.4, 0.5) is 5.69 Å². The molecule has 2 aromatic carbocycles. The van der Waals surface area contributed by atoms with Crippen molar-refractivity contribution in [3.8, 4) is 11.5 Å². The number of rotatable bonds is 6. The molecule has 6 heteroatoms. The van der Waals surface area contributed by atoms with Gasteiger partial charge in [0.05, 0.1) is 12.7 Å². The number of hydrogen-bond acceptors (Lipinski definition) is 4. The average Bonchev–Trinajstić information content (AvgIpc) is 2.52. The van der Waals surface area contributed by atoms with Crippen molar-refractivity contribution < 1.29 is 19.1 Å². The number of Topliss-reactive ketones (excluding diaryl/α,β-unsaturated/α-hetero) is 1. The van der Waals surface area contributed by atoms with E-state index in [1.165, 1.54) is 14.0 Å². The minimum Gasteiger partial charge on any atom is -0.497 e. The van der Waals surface area contributed by atoms with Crippen molar-refractivity contribution in [2.45, 2.75) is 6.92 Å². The van der Waals surface area contributed by atoms with Crippen molar-refractivity contribution in [3.05, 3.63) is 52.5 Å². The van der Waals surface area contributed by atoms with Gasteiger partial charge in [-0.3, -0.25) is 9.59 Å². The molecule has 0 aliphatic carbocycles. The molecule has 5 nitrogen and oxygen atoms in total. The fourth-order valence-electron chi connectivity index (χ4n) is 1.94. The standard InChI is InChI=1S/C17H16BrNO4/c1-11(20)15-9-14(22-2)6-7-16(15)23-10-17(21)19-13-5-3-4-12(18)8-13/h3-9H,10H2,1-2H3,(H,19,21). The summed E-state index contributed by atoms with van der Waals surface area (Å²) in [6.07, 6.45) is 0. The van der Waals surface area contributed by atoms with Crippen LogP contribution in [0.3, 0.4) is 0 Å². The van der Waals surface area contributed by atoms with E-state index >= 15 is 0 Å².